The second-order valence-corrected chi connectivity index (χ2v) is 9.20. The Morgan fingerprint density at radius 3 is 2.62 bits per heavy atom. The van der Waals surface area contributed by atoms with Crippen LogP contribution in [0.5, 0.6) is 11.5 Å². The number of nitrogens with zero attached hydrogens (tertiary/aromatic N) is 4. The first-order valence-electron chi connectivity index (χ1n) is 10.7. The van der Waals surface area contributed by atoms with E-state index in [1.54, 1.807) is 18.2 Å². The van der Waals surface area contributed by atoms with E-state index < -0.39 is 5.25 Å². The molecule has 34 heavy (non-hydrogen) atoms. The van der Waals surface area contributed by atoms with Crippen molar-refractivity contribution >= 4 is 23.4 Å². The van der Waals surface area contributed by atoms with E-state index in [4.69, 9.17) is 21.1 Å². The van der Waals surface area contributed by atoms with Crippen molar-refractivity contribution in [3.8, 4) is 17.2 Å². The SMILES string of the molecule is C=CCOc1c(Cl)cc([C@H](C[N+](=O)[O-])Sc2nnc(C)n2-c2ccc(C)c(C)c2)cc1OCC. The van der Waals surface area contributed by atoms with Crippen LogP contribution in [0.1, 0.15) is 34.7 Å². The zero-order valence-corrected chi connectivity index (χ0v) is 21.2. The smallest absolute Gasteiger partial charge is 0.220 e. The number of ether oxygens (including phenoxy) is 2. The van der Waals surface area contributed by atoms with Gasteiger partial charge in [-0.05, 0) is 68.7 Å². The van der Waals surface area contributed by atoms with Gasteiger partial charge in [0.2, 0.25) is 6.54 Å². The molecule has 0 amide bonds. The molecule has 0 saturated carbocycles. The van der Waals surface area contributed by atoms with Crippen molar-refractivity contribution < 1.29 is 14.4 Å². The molecule has 0 fully saturated rings. The Morgan fingerprint density at radius 1 is 1.21 bits per heavy atom. The Hall–Kier alpha value is -3.04. The van der Waals surface area contributed by atoms with Crippen molar-refractivity contribution in [2.75, 3.05) is 19.8 Å². The fourth-order valence-electron chi connectivity index (χ4n) is 3.37. The van der Waals surface area contributed by atoms with Crippen molar-refractivity contribution in [2.45, 2.75) is 38.1 Å². The van der Waals surface area contributed by atoms with Crippen LogP contribution >= 0.6 is 23.4 Å². The number of rotatable bonds is 11. The summed E-state index contributed by atoms with van der Waals surface area (Å²) in [7, 11) is 0. The molecule has 3 aromatic rings. The van der Waals surface area contributed by atoms with E-state index in [1.807, 2.05) is 50.5 Å². The molecule has 0 radical (unpaired) electrons. The third kappa shape index (κ3) is 5.90. The molecule has 0 N–H and O–H groups in total. The molecule has 1 aromatic heterocycles. The minimum Gasteiger partial charge on any atom is -0.490 e. The number of hydrogen-bond acceptors (Lipinski definition) is 7. The zero-order valence-electron chi connectivity index (χ0n) is 19.6. The summed E-state index contributed by atoms with van der Waals surface area (Å²) in [4.78, 5) is 11.2. The van der Waals surface area contributed by atoms with Gasteiger partial charge in [-0.1, -0.05) is 42.1 Å². The summed E-state index contributed by atoms with van der Waals surface area (Å²) in [5.41, 5.74) is 3.83. The van der Waals surface area contributed by atoms with Crippen molar-refractivity contribution in [3.05, 3.63) is 80.6 Å². The van der Waals surface area contributed by atoms with Crippen LogP contribution in [0.3, 0.4) is 0 Å². The van der Waals surface area contributed by atoms with E-state index in [0.717, 1.165) is 11.3 Å². The topological polar surface area (TPSA) is 92.3 Å². The third-order valence-corrected chi connectivity index (χ3v) is 6.62. The summed E-state index contributed by atoms with van der Waals surface area (Å²) in [6.07, 6.45) is 1.60. The number of halogens is 1. The Kier molecular flexibility index (Phi) is 8.57. The van der Waals surface area contributed by atoms with Crippen LogP contribution < -0.4 is 9.47 Å². The lowest BCUT2D eigenvalue weighted by atomic mass is 10.1. The van der Waals surface area contributed by atoms with Gasteiger partial charge in [0, 0.05) is 10.6 Å². The van der Waals surface area contributed by atoms with Gasteiger partial charge in [-0.15, -0.1) is 10.2 Å². The molecular weight excluding hydrogens is 476 g/mol. The van der Waals surface area contributed by atoms with Crippen molar-refractivity contribution in [1.29, 1.82) is 0 Å². The van der Waals surface area contributed by atoms with Gasteiger partial charge in [0.1, 0.15) is 17.7 Å². The highest BCUT2D eigenvalue weighted by molar-refractivity contribution is 7.99. The Bertz CT molecular complexity index is 1200. The molecule has 0 spiro atoms. The van der Waals surface area contributed by atoms with Gasteiger partial charge in [-0.25, -0.2) is 0 Å². The molecule has 1 atom stereocenters. The summed E-state index contributed by atoms with van der Waals surface area (Å²) in [6.45, 7) is 11.7. The van der Waals surface area contributed by atoms with Crippen LogP contribution in [-0.2, 0) is 0 Å². The Labute approximate surface area is 208 Å². The number of thioether (sulfide) groups is 1. The molecule has 0 aliphatic rings. The van der Waals surface area contributed by atoms with Crippen molar-refractivity contribution in [3.63, 3.8) is 0 Å². The van der Waals surface area contributed by atoms with E-state index in [1.165, 1.54) is 17.3 Å². The van der Waals surface area contributed by atoms with Crippen LogP contribution in [-0.4, -0.2) is 39.4 Å². The fraction of sp³-hybridized carbons (Fsp3) is 0.333. The Morgan fingerprint density at radius 2 is 1.97 bits per heavy atom. The van der Waals surface area contributed by atoms with Crippen molar-refractivity contribution in [1.82, 2.24) is 14.8 Å². The van der Waals surface area contributed by atoms with E-state index in [9.17, 15) is 10.1 Å². The molecular formula is C24H27ClN4O4S. The predicted octanol–water partition coefficient (Wildman–Crippen LogP) is 5.92. The molecule has 10 heteroatoms. The summed E-state index contributed by atoms with van der Waals surface area (Å²) in [5.74, 6) is 1.49. The highest BCUT2D eigenvalue weighted by Crippen LogP contribution is 2.43. The van der Waals surface area contributed by atoms with Crippen LogP contribution in [0, 0.1) is 30.9 Å². The van der Waals surface area contributed by atoms with Gasteiger partial charge >= 0.3 is 0 Å². The largest absolute Gasteiger partial charge is 0.490 e. The number of aryl methyl sites for hydroxylation is 3. The molecule has 2 aromatic carbocycles. The normalized spacial score (nSPS) is 11.8. The van der Waals surface area contributed by atoms with E-state index in [2.05, 4.69) is 16.8 Å². The van der Waals surface area contributed by atoms with Gasteiger partial charge in [0.15, 0.2) is 16.7 Å². The van der Waals surface area contributed by atoms with Gasteiger partial charge in [-0.3, -0.25) is 14.7 Å². The quantitative estimate of drug-likeness (QED) is 0.139. The molecule has 1 heterocycles. The molecule has 0 saturated heterocycles. The molecule has 3 rings (SSSR count). The van der Waals surface area contributed by atoms with Crippen LogP contribution in [0.15, 0.2) is 48.1 Å². The average Bonchev–Trinajstić information content (AvgIpc) is 3.14. The number of hydrogen-bond donors (Lipinski definition) is 0. The maximum atomic E-state index is 11.6. The zero-order chi connectivity index (χ0) is 24.8. The molecule has 180 valence electrons. The first-order chi connectivity index (χ1) is 16.2. The first kappa shape index (κ1) is 25.6. The van der Waals surface area contributed by atoms with E-state index in [0.29, 0.717) is 39.7 Å². The minimum absolute atomic E-state index is 0.255. The minimum atomic E-state index is -0.589. The summed E-state index contributed by atoms with van der Waals surface area (Å²) < 4.78 is 13.3. The molecule has 8 nitrogen and oxygen atoms in total. The second-order valence-electron chi connectivity index (χ2n) is 7.62. The maximum absolute atomic E-state index is 11.6. The van der Waals surface area contributed by atoms with Gasteiger partial charge < -0.3 is 9.47 Å². The lowest BCUT2D eigenvalue weighted by Crippen LogP contribution is -2.12. The number of aromatic nitrogens is 3. The standard InChI is InChI=1S/C24H27ClN4O4S/c1-6-10-33-23-20(25)12-18(13-21(23)32-7-2)22(14-28(30)31)34-24-27-26-17(5)29(24)19-9-8-15(3)16(4)11-19/h6,8-9,11-13,22H,1,7,10,14H2,2-5H3/t22-/m0/s1. The lowest BCUT2D eigenvalue weighted by Gasteiger charge is -2.18. The van der Waals surface area contributed by atoms with Gasteiger partial charge in [0.25, 0.3) is 0 Å². The highest BCUT2D eigenvalue weighted by atomic mass is 35.5. The summed E-state index contributed by atoms with van der Waals surface area (Å²) in [6, 6.07) is 9.48. The van der Waals surface area contributed by atoms with Crippen molar-refractivity contribution in [2.24, 2.45) is 0 Å². The maximum Gasteiger partial charge on any atom is 0.220 e. The summed E-state index contributed by atoms with van der Waals surface area (Å²) in [5, 5.41) is 20.4. The van der Waals surface area contributed by atoms with Crippen LogP contribution in [0.25, 0.3) is 5.69 Å². The summed E-state index contributed by atoms with van der Waals surface area (Å²) >= 11 is 7.76. The van der Waals surface area contributed by atoms with E-state index in [-0.39, 0.29) is 18.1 Å². The number of benzene rings is 2. The highest BCUT2D eigenvalue weighted by Gasteiger charge is 2.26. The third-order valence-electron chi connectivity index (χ3n) is 5.16. The number of nitro groups is 1. The Balaban J connectivity index is 2.04. The van der Waals surface area contributed by atoms with Gasteiger partial charge in [-0.2, -0.15) is 0 Å². The fourth-order valence-corrected chi connectivity index (χ4v) is 4.80. The van der Waals surface area contributed by atoms with E-state index >= 15 is 0 Å². The lowest BCUT2D eigenvalue weighted by molar-refractivity contribution is -0.479. The molecule has 0 aliphatic heterocycles. The molecule has 0 aliphatic carbocycles. The monoisotopic (exact) mass is 502 g/mol. The van der Waals surface area contributed by atoms with Crippen LogP contribution in [0.2, 0.25) is 5.02 Å². The van der Waals surface area contributed by atoms with Crippen LogP contribution in [0.4, 0.5) is 0 Å². The predicted molar refractivity (Wildman–Crippen MR) is 134 cm³/mol. The molecule has 0 unspecified atom stereocenters. The second kappa shape index (κ2) is 11.4. The molecule has 0 bridgehead atoms. The average molecular weight is 503 g/mol. The first-order valence-corrected chi connectivity index (χ1v) is 12.0. The van der Waals surface area contributed by atoms with Gasteiger partial charge in [0.05, 0.1) is 11.6 Å².